The maximum atomic E-state index is 10.2. The Bertz CT molecular complexity index is 286. The van der Waals surface area contributed by atoms with E-state index < -0.39 is 24.1 Å². The molecule has 5 nitrogen and oxygen atoms in total. The molecule has 0 aromatic heterocycles. The number of aliphatic hydroxyl groups excluding tert-OH is 3. The molecule has 0 aromatic rings. The first-order valence-electron chi connectivity index (χ1n) is 8.92. The Labute approximate surface area is 134 Å². The Kier molecular flexibility index (Phi) is 9.52. The van der Waals surface area contributed by atoms with Gasteiger partial charge < -0.3 is 25.2 Å². The second kappa shape index (κ2) is 10.6. The number of hydrogen-bond acceptors (Lipinski definition) is 5. The minimum absolute atomic E-state index is 0.146. The van der Waals surface area contributed by atoms with Crippen LogP contribution in [0, 0.1) is 0 Å². The van der Waals surface area contributed by atoms with Gasteiger partial charge in [-0.1, -0.05) is 64.7 Å². The topological polar surface area (TPSA) is 90.2 Å². The zero-order valence-corrected chi connectivity index (χ0v) is 13.9. The number of aliphatic hydroxyl groups is 4. The molecule has 4 atom stereocenters. The van der Waals surface area contributed by atoms with Crippen molar-refractivity contribution in [3.8, 4) is 0 Å². The van der Waals surface area contributed by atoms with E-state index in [0.717, 1.165) is 19.3 Å². The van der Waals surface area contributed by atoms with E-state index in [4.69, 9.17) is 4.74 Å². The highest BCUT2D eigenvalue weighted by atomic mass is 16.6. The molecule has 0 aliphatic carbocycles. The van der Waals surface area contributed by atoms with E-state index in [9.17, 15) is 20.4 Å². The van der Waals surface area contributed by atoms with Crippen molar-refractivity contribution < 1.29 is 25.2 Å². The van der Waals surface area contributed by atoms with E-state index in [1.807, 2.05) is 0 Å². The fourth-order valence-corrected chi connectivity index (χ4v) is 2.98. The van der Waals surface area contributed by atoms with Gasteiger partial charge in [0, 0.05) is 6.42 Å². The normalized spacial score (nSPS) is 32.3. The van der Waals surface area contributed by atoms with Gasteiger partial charge in [0.15, 0.2) is 5.79 Å². The van der Waals surface area contributed by atoms with Crippen LogP contribution in [0.25, 0.3) is 0 Å². The van der Waals surface area contributed by atoms with Gasteiger partial charge in [-0.15, -0.1) is 0 Å². The SMILES string of the molecule is CCCCCCCCCCCCC1(O)OC[C@@H](O)[C@H](O)[C@H]1O. The molecule has 22 heavy (non-hydrogen) atoms. The van der Waals surface area contributed by atoms with Gasteiger partial charge in [0.2, 0.25) is 0 Å². The average molecular weight is 318 g/mol. The van der Waals surface area contributed by atoms with Crippen LogP contribution in [0.5, 0.6) is 0 Å². The van der Waals surface area contributed by atoms with Crippen molar-refractivity contribution in [2.45, 2.75) is 102 Å². The molecule has 1 aliphatic rings. The lowest BCUT2D eigenvalue weighted by molar-refractivity contribution is -0.323. The standard InChI is InChI=1S/C17H34O5/c1-2-3-4-5-6-7-8-9-10-11-12-17(21)16(20)15(19)14(18)13-22-17/h14-16,18-21H,2-13H2,1H3/t14-,15+,16-,17?/m1/s1. The molecule has 0 radical (unpaired) electrons. The first kappa shape index (κ1) is 19.8. The summed E-state index contributed by atoms with van der Waals surface area (Å²) < 4.78 is 5.14. The van der Waals surface area contributed by atoms with E-state index in [0.29, 0.717) is 0 Å². The molecule has 1 fully saturated rings. The number of ether oxygens (including phenoxy) is 1. The second-order valence-electron chi connectivity index (χ2n) is 6.59. The highest BCUT2D eigenvalue weighted by molar-refractivity contribution is 4.91. The minimum Gasteiger partial charge on any atom is -0.388 e. The van der Waals surface area contributed by atoms with Crippen LogP contribution in [0.3, 0.4) is 0 Å². The molecule has 1 saturated heterocycles. The summed E-state index contributed by atoms with van der Waals surface area (Å²) in [6.45, 7) is 2.08. The maximum absolute atomic E-state index is 10.2. The van der Waals surface area contributed by atoms with Crippen molar-refractivity contribution in [1.82, 2.24) is 0 Å². The summed E-state index contributed by atoms with van der Waals surface area (Å²) in [7, 11) is 0. The molecule has 1 aliphatic heterocycles. The van der Waals surface area contributed by atoms with Crippen LogP contribution in [0.2, 0.25) is 0 Å². The van der Waals surface area contributed by atoms with Crippen LogP contribution >= 0.6 is 0 Å². The molecule has 1 heterocycles. The first-order chi connectivity index (χ1) is 10.5. The van der Waals surface area contributed by atoms with Crippen LogP contribution in [0.1, 0.15) is 77.6 Å². The van der Waals surface area contributed by atoms with Gasteiger partial charge in [0.25, 0.3) is 0 Å². The van der Waals surface area contributed by atoms with E-state index in [1.165, 1.54) is 44.9 Å². The number of unbranched alkanes of at least 4 members (excludes halogenated alkanes) is 9. The zero-order chi connectivity index (χ0) is 16.4. The molecular formula is C17H34O5. The number of rotatable bonds is 11. The molecule has 132 valence electrons. The molecule has 4 N–H and O–H groups in total. The lowest BCUT2D eigenvalue weighted by Crippen LogP contribution is -2.60. The van der Waals surface area contributed by atoms with Crippen LogP contribution in [0.15, 0.2) is 0 Å². The second-order valence-corrected chi connectivity index (χ2v) is 6.59. The van der Waals surface area contributed by atoms with Crippen molar-refractivity contribution in [3.05, 3.63) is 0 Å². The van der Waals surface area contributed by atoms with Crippen LogP contribution < -0.4 is 0 Å². The lowest BCUT2D eigenvalue weighted by atomic mass is 9.92. The highest BCUT2D eigenvalue weighted by Crippen LogP contribution is 2.29. The Morgan fingerprint density at radius 2 is 1.36 bits per heavy atom. The lowest BCUT2D eigenvalue weighted by Gasteiger charge is -2.41. The third-order valence-corrected chi connectivity index (χ3v) is 4.57. The number of hydrogen-bond donors (Lipinski definition) is 4. The average Bonchev–Trinajstić information content (AvgIpc) is 2.51. The van der Waals surface area contributed by atoms with Crippen molar-refractivity contribution in [2.24, 2.45) is 0 Å². The molecule has 0 bridgehead atoms. The van der Waals surface area contributed by atoms with Crippen molar-refractivity contribution in [3.63, 3.8) is 0 Å². The predicted octanol–water partition coefficient (Wildman–Crippen LogP) is 2.10. The summed E-state index contributed by atoms with van der Waals surface area (Å²) in [5, 5.41) is 39.0. The molecule has 0 saturated carbocycles. The first-order valence-corrected chi connectivity index (χ1v) is 8.92. The van der Waals surface area contributed by atoms with E-state index in [2.05, 4.69) is 6.92 Å². The monoisotopic (exact) mass is 318 g/mol. The Balaban J connectivity index is 2.04. The van der Waals surface area contributed by atoms with Crippen molar-refractivity contribution in [2.75, 3.05) is 6.61 Å². The Morgan fingerprint density at radius 3 is 1.91 bits per heavy atom. The summed E-state index contributed by atoms with van der Waals surface area (Å²) in [6.07, 6.45) is 8.24. The molecule has 0 amide bonds. The summed E-state index contributed by atoms with van der Waals surface area (Å²) in [4.78, 5) is 0. The van der Waals surface area contributed by atoms with Gasteiger partial charge in [-0.25, -0.2) is 0 Å². The molecule has 5 heteroatoms. The van der Waals surface area contributed by atoms with Gasteiger partial charge in [0.05, 0.1) is 6.61 Å². The van der Waals surface area contributed by atoms with Crippen LogP contribution in [-0.4, -0.2) is 51.1 Å². The molecular weight excluding hydrogens is 284 g/mol. The fourth-order valence-electron chi connectivity index (χ4n) is 2.98. The third kappa shape index (κ3) is 6.50. The van der Waals surface area contributed by atoms with E-state index in [-0.39, 0.29) is 13.0 Å². The summed E-state index contributed by atoms with van der Waals surface area (Å²) in [5.74, 6) is -1.72. The van der Waals surface area contributed by atoms with Crippen LogP contribution in [-0.2, 0) is 4.74 Å². The van der Waals surface area contributed by atoms with E-state index >= 15 is 0 Å². The van der Waals surface area contributed by atoms with Gasteiger partial charge in [0.1, 0.15) is 18.3 Å². The Morgan fingerprint density at radius 1 is 0.864 bits per heavy atom. The van der Waals surface area contributed by atoms with Crippen LogP contribution in [0.4, 0.5) is 0 Å². The maximum Gasteiger partial charge on any atom is 0.194 e. The molecule has 0 spiro atoms. The van der Waals surface area contributed by atoms with Gasteiger partial charge in [-0.3, -0.25) is 0 Å². The van der Waals surface area contributed by atoms with Crippen molar-refractivity contribution >= 4 is 0 Å². The minimum atomic E-state index is -1.72. The predicted molar refractivity (Wildman–Crippen MR) is 85.4 cm³/mol. The van der Waals surface area contributed by atoms with Gasteiger partial charge in [-0.2, -0.15) is 0 Å². The molecule has 0 aromatic carbocycles. The fraction of sp³-hybridized carbons (Fsp3) is 1.00. The summed E-state index contributed by atoms with van der Waals surface area (Å²) in [6, 6.07) is 0. The largest absolute Gasteiger partial charge is 0.388 e. The molecule has 1 unspecified atom stereocenters. The smallest absolute Gasteiger partial charge is 0.194 e. The third-order valence-electron chi connectivity index (χ3n) is 4.57. The van der Waals surface area contributed by atoms with Crippen molar-refractivity contribution in [1.29, 1.82) is 0 Å². The van der Waals surface area contributed by atoms with Gasteiger partial charge >= 0.3 is 0 Å². The van der Waals surface area contributed by atoms with Gasteiger partial charge in [-0.05, 0) is 6.42 Å². The Hall–Kier alpha value is -0.200. The van der Waals surface area contributed by atoms with E-state index in [1.54, 1.807) is 0 Å². The quantitative estimate of drug-likeness (QED) is 0.438. The molecule has 1 rings (SSSR count). The summed E-state index contributed by atoms with van der Waals surface area (Å²) in [5.41, 5.74) is 0. The summed E-state index contributed by atoms with van der Waals surface area (Å²) >= 11 is 0. The highest BCUT2D eigenvalue weighted by Gasteiger charge is 2.47. The zero-order valence-electron chi connectivity index (χ0n) is 13.9.